The molecule has 4 rings (SSSR count). The summed E-state index contributed by atoms with van der Waals surface area (Å²) < 4.78 is 14.3. The van der Waals surface area contributed by atoms with Gasteiger partial charge >= 0.3 is 0 Å². The summed E-state index contributed by atoms with van der Waals surface area (Å²) in [4.78, 5) is 33.1. The van der Waals surface area contributed by atoms with Crippen LogP contribution in [-0.2, 0) is 16.1 Å². The number of halogens is 1. The molecule has 2 amide bonds. The molecule has 0 bridgehead atoms. The van der Waals surface area contributed by atoms with Crippen molar-refractivity contribution in [1.29, 1.82) is 0 Å². The van der Waals surface area contributed by atoms with Crippen LogP contribution in [0.4, 0.5) is 10.1 Å². The predicted molar refractivity (Wildman–Crippen MR) is 139 cm³/mol. The highest BCUT2D eigenvalue weighted by Gasteiger charge is 2.34. The van der Waals surface area contributed by atoms with Gasteiger partial charge in [0.2, 0.25) is 11.8 Å². The number of hydrogen-bond donors (Lipinski definition) is 2. The lowest BCUT2D eigenvalue weighted by atomic mass is 9.93. The lowest BCUT2D eigenvalue weighted by Crippen LogP contribution is -2.49. The molecular formula is C29H33FN4O2. The molecule has 0 aliphatic heterocycles. The van der Waals surface area contributed by atoms with E-state index < -0.39 is 11.9 Å². The number of benzene rings is 2. The minimum absolute atomic E-state index is 0.0233. The maximum Gasteiger partial charge on any atom is 0.248 e. The van der Waals surface area contributed by atoms with E-state index in [2.05, 4.69) is 15.6 Å². The lowest BCUT2D eigenvalue weighted by molar-refractivity contribution is -0.127. The van der Waals surface area contributed by atoms with Crippen LogP contribution in [0.2, 0.25) is 0 Å². The van der Waals surface area contributed by atoms with Gasteiger partial charge in [0.15, 0.2) is 0 Å². The van der Waals surface area contributed by atoms with Gasteiger partial charge in [-0.2, -0.15) is 0 Å². The van der Waals surface area contributed by atoms with Crippen molar-refractivity contribution in [2.75, 3.05) is 11.4 Å². The number of carbonyl (C=O) groups is 2. The van der Waals surface area contributed by atoms with Gasteiger partial charge in [-0.25, -0.2) is 4.39 Å². The maximum absolute atomic E-state index is 14.3. The molecule has 1 atom stereocenters. The summed E-state index contributed by atoms with van der Waals surface area (Å²) in [5.74, 6) is -1.04. The zero-order valence-electron chi connectivity index (χ0n) is 20.6. The van der Waals surface area contributed by atoms with Crippen LogP contribution in [0.25, 0.3) is 0 Å². The molecule has 188 valence electrons. The van der Waals surface area contributed by atoms with Crippen molar-refractivity contribution in [3.05, 3.63) is 95.6 Å². The molecule has 36 heavy (non-hydrogen) atoms. The summed E-state index contributed by atoms with van der Waals surface area (Å²) in [7, 11) is 0. The van der Waals surface area contributed by atoms with E-state index in [-0.39, 0.29) is 24.4 Å². The molecule has 0 radical (unpaired) electrons. The number of anilines is 1. The second-order valence-electron chi connectivity index (χ2n) is 9.31. The Hall–Kier alpha value is -3.58. The third-order valence-electron chi connectivity index (χ3n) is 6.62. The predicted octanol–water partition coefficient (Wildman–Crippen LogP) is 4.84. The molecule has 0 spiro atoms. The molecule has 6 nitrogen and oxygen atoms in total. The van der Waals surface area contributed by atoms with Crippen LogP contribution in [-0.4, -0.2) is 29.4 Å². The highest BCUT2D eigenvalue weighted by Crippen LogP contribution is 2.31. The number of hydrogen-bond acceptors (Lipinski definition) is 4. The van der Waals surface area contributed by atoms with Gasteiger partial charge in [-0.05, 0) is 60.7 Å². The van der Waals surface area contributed by atoms with Crippen molar-refractivity contribution >= 4 is 17.5 Å². The third-order valence-corrected chi connectivity index (χ3v) is 6.62. The summed E-state index contributed by atoms with van der Waals surface area (Å²) in [6.45, 7) is 2.34. The fourth-order valence-electron chi connectivity index (χ4n) is 4.78. The van der Waals surface area contributed by atoms with Gasteiger partial charge in [0.1, 0.15) is 11.9 Å². The van der Waals surface area contributed by atoms with Crippen molar-refractivity contribution in [3.63, 3.8) is 0 Å². The van der Waals surface area contributed by atoms with Crippen LogP contribution in [0.5, 0.6) is 0 Å². The fourth-order valence-corrected chi connectivity index (χ4v) is 4.78. The zero-order chi connectivity index (χ0) is 25.3. The summed E-state index contributed by atoms with van der Waals surface area (Å²) in [6.07, 6.45) is 8.59. The van der Waals surface area contributed by atoms with Gasteiger partial charge in [-0.15, -0.1) is 0 Å². The molecule has 2 N–H and O–H groups in total. The fraction of sp³-hybridized carbons (Fsp3) is 0.345. The highest BCUT2D eigenvalue weighted by atomic mass is 19.1. The Morgan fingerprint density at radius 3 is 2.58 bits per heavy atom. The third kappa shape index (κ3) is 6.55. The number of aromatic nitrogens is 1. The number of rotatable bonds is 9. The monoisotopic (exact) mass is 488 g/mol. The molecule has 1 saturated carbocycles. The molecular weight excluding hydrogens is 455 g/mol. The molecule has 0 saturated heterocycles. The Balaban J connectivity index is 1.66. The van der Waals surface area contributed by atoms with E-state index in [0.717, 1.165) is 42.4 Å². The molecule has 3 aromatic rings. The van der Waals surface area contributed by atoms with E-state index in [9.17, 15) is 14.0 Å². The zero-order valence-corrected chi connectivity index (χ0v) is 20.6. The quantitative estimate of drug-likeness (QED) is 0.452. The van der Waals surface area contributed by atoms with Crippen molar-refractivity contribution in [2.45, 2.75) is 57.7 Å². The van der Waals surface area contributed by atoms with Crippen molar-refractivity contribution < 1.29 is 14.0 Å². The first-order chi connectivity index (χ1) is 17.5. The van der Waals surface area contributed by atoms with Crippen LogP contribution in [0, 0.1) is 12.7 Å². The summed E-state index contributed by atoms with van der Waals surface area (Å²) >= 11 is 0. The van der Waals surface area contributed by atoms with Crippen LogP contribution in [0.15, 0.2) is 73.1 Å². The van der Waals surface area contributed by atoms with Crippen LogP contribution < -0.4 is 15.5 Å². The smallest absolute Gasteiger partial charge is 0.248 e. The van der Waals surface area contributed by atoms with Gasteiger partial charge in [0, 0.05) is 30.7 Å². The maximum atomic E-state index is 14.3. The summed E-state index contributed by atoms with van der Waals surface area (Å²) in [5.41, 5.74) is 2.89. The Bertz CT molecular complexity index is 1160. The van der Waals surface area contributed by atoms with Gasteiger partial charge in [-0.3, -0.25) is 19.5 Å². The van der Waals surface area contributed by atoms with E-state index in [4.69, 9.17) is 0 Å². The SMILES string of the molecule is Cc1ccccc1C(C(=O)NC1CCCCC1)N(C(=O)CNCc1cccnc1)c1cccc(F)c1. The highest BCUT2D eigenvalue weighted by molar-refractivity contribution is 6.02. The molecule has 2 aromatic carbocycles. The number of carbonyl (C=O) groups excluding carboxylic acids is 2. The van der Waals surface area contributed by atoms with Gasteiger partial charge in [0.25, 0.3) is 0 Å². The first kappa shape index (κ1) is 25.5. The van der Waals surface area contributed by atoms with E-state index in [1.807, 2.05) is 43.3 Å². The number of pyridine rings is 1. The summed E-state index contributed by atoms with van der Waals surface area (Å²) in [5, 5.41) is 6.34. The second kappa shape index (κ2) is 12.4. The molecule has 1 aromatic heterocycles. The lowest BCUT2D eigenvalue weighted by Gasteiger charge is -2.34. The van der Waals surface area contributed by atoms with Crippen molar-refractivity contribution in [3.8, 4) is 0 Å². The Morgan fingerprint density at radius 1 is 1.06 bits per heavy atom. The first-order valence-electron chi connectivity index (χ1n) is 12.6. The Kier molecular flexibility index (Phi) is 8.79. The van der Waals surface area contributed by atoms with Crippen LogP contribution in [0.1, 0.15) is 54.8 Å². The molecule has 1 aliphatic carbocycles. The average Bonchev–Trinajstić information content (AvgIpc) is 2.89. The van der Waals surface area contributed by atoms with Gasteiger partial charge < -0.3 is 10.6 Å². The topological polar surface area (TPSA) is 74.3 Å². The Labute approximate surface area is 211 Å². The molecule has 1 aliphatic rings. The van der Waals surface area contributed by atoms with Gasteiger partial charge in [-0.1, -0.05) is 55.7 Å². The molecule has 1 fully saturated rings. The van der Waals surface area contributed by atoms with E-state index >= 15 is 0 Å². The molecule has 7 heteroatoms. The first-order valence-corrected chi connectivity index (χ1v) is 12.6. The van der Waals surface area contributed by atoms with E-state index in [1.54, 1.807) is 24.5 Å². The number of nitrogens with one attached hydrogen (secondary N) is 2. The second-order valence-corrected chi connectivity index (χ2v) is 9.31. The number of aryl methyl sites for hydroxylation is 1. The van der Waals surface area contributed by atoms with E-state index in [1.165, 1.54) is 23.5 Å². The molecule has 1 unspecified atom stereocenters. The number of nitrogens with zero attached hydrogens (tertiary/aromatic N) is 2. The summed E-state index contributed by atoms with van der Waals surface area (Å²) in [6, 6.07) is 16.3. The minimum atomic E-state index is -0.928. The van der Waals surface area contributed by atoms with E-state index in [0.29, 0.717) is 12.2 Å². The van der Waals surface area contributed by atoms with Crippen LogP contribution >= 0.6 is 0 Å². The largest absolute Gasteiger partial charge is 0.351 e. The molecule has 1 heterocycles. The van der Waals surface area contributed by atoms with Crippen LogP contribution in [0.3, 0.4) is 0 Å². The van der Waals surface area contributed by atoms with Crippen molar-refractivity contribution in [1.82, 2.24) is 15.6 Å². The standard InChI is InChI=1S/C29H33FN4O2/c1-21-9-5-6-15-26(21)28(29(36)33-24-12-3-2-4-13-24)34(25-14-7-11-23(30)17-25)27(35)20-32-19-22-10-8-16-31-18-22/h5-11,14-18,24,28,32H,2-4,12-13,19-20H2,1H3,(H,33,36). The normalized spacial score (nSPS) is 14.7. The van der Waals surface area contributed by atoms with Gasteiger partial charge in [0.05, 0.1) is 6.54 Å². The average molecular weight is 489 g/mol. The minimum Gasteiger partial charge on any atom is -0.351 e. The van der Waals surface area contributed by atoms with Crippen molar-refractivity contribution in [2.24, 2.45) is 0 Å². The Morgan fingerprint density at radius 2 is 1.86 bits per heavy atom. The number of amides is 2.